The number of aromatic hydroxyl groups is 1. The molecule has 6 heteroatoms. The lowest BCUT2D eigenvalue weighted by atomic mass is 10.1. The van der Waals surface area contributed by atoms with Crippen molar-refractivity contribution < 1.29 is 9.90 Å². The molecule has 3 N–H and O–H groups in total. The van der Waals surface area contributed by atoms with Gasteiger partial charge in [-0.2, -0.15) is 0 Å². The van der Waals surface area contributed by atoms with Crippen molar-refractivity contribution in [1.29, 1.82) is 0 Å². The molecular formula is C18H17N3O2S. The van der Waals surface area contributed by atoms with E-state index in [2.05, 4.69) is 4.98 Å². The van der Waals surface area contributed by atoms with Crippen LogP contribution in [-0.4, -0.2) is 30.1 Å². The van der Waals surface area contributed by atoms with Crippen LogP contribution in [0.15, 0.2) is 47.8 Å². The summed E-state index contributed by atoms with van der Waals surface area (Å²) in [6, 6.07) is 12.9. The normalized spacial score (nSPS) is 10.6. The van der Waals surface area contributed by atoms with Gasteiger partial charge in [-0.1, -0.05) is 0 Å². The number of hydrogen-bond acceptors (Lipinski definition) is 5. The average molecular weight is 339 g/mol. The summed E-state index contributed by atoms with van der Waals surface area (Å²) in [5.41, 5.74) is 9.02. The first-order valence-electron chi connectivity index (χ1n) is 7.32. The van der Waals surface area contributed by atoms with Crippen LogP contribution in [0.5, 0.6) is 5.75 Å². The van der Waals surface area contributed by atoms with E-state index in [-0.39, 0.29) is 11.3 Å². The fourth-order valence-corrected chi connectivity index (χ4v) is 3.17. The minimum atomic E-state index is -0.663. The number of primary amides is 1. The summed E-state index contributed by atoms with van der Waals surface area (Å²) in [4.78, 5) is 18.0. The smallest absolute Gasteiger partial charge is 0.252 e. The Bertz CT molecular complexity index is 886. The number of phenols is 1. The molecule has 0 saturated heterocycles. The zero-order valence-corrected chi connectivity index (χ0v) is 14.2. The standard InChI is InChI=1S/C18H17N3O2S/c1-21(2)13-6-3-11(4-7-13)18-20-15(10-24-18)12-5-8-16(22)14(9-12)17(19)23/h3-10,22H,1-2H3,(H2,19,23). The number of benzene rings is 2. The second-order valence-corrected chi connectivity index (χ2v) is 6.43. The van der Waals surface area contributed by atoms with Gasteiger partial charge < -0.3 is 15.7 Å². The van der Waals surface area contributed by atoms with Gasteiger partial charge in [-0.25, -0.2) is 4.98 Å². The predicted octanol–water partition coefficient (Wildman–Crippen LogP) is 3.35. The van der Waals surface area contributed by atoms with Crippen LogP contribution in [0.1, 0.15) is 10.4 Å². The first kappa shape index (κ1) is 16.0. The summed E-state index contributed by atoms with van der Waals surface area (Å²) < 4.78 is 0. The van der Waals surface area contributed by atoms with Gasteiger partial charge in [0, 0.05) is 36.3 Å². The Kier molecular flexibility index (Phi) is 4.22. The van der Waals surface area contributed by atoms with Crippen LogP contribution in [-0.2, 0) is 0 Å². The van der Waals surface area contributed by atoms with E-state index >= 15 is 0 Å². The minimum absolute atomic E-state index is 0.0948. The van der Waals surface area contributed by atoms with E-state index in [0.29, 0.717) is 0 Å². The van der Waals surface area contributed by atoms with E-state index in [9.17, 15) is 9.90 Å². The third-order valence-corrected chi connectivity index (χ3v) is 4.58. The zero-order valence-electron chi connectivity index (χ0n) is 13.4. The molecule has 0 bridgehead atoms. The maximum Gasteiger partial charge on any atom is 0.252 e. The molecule has 3 aromatic rings. The number of amides is 1. The lowest BCUT2D eigenvalue weighted by molar-refractivity contribution is 0.0998. The first-order chi connectivity index (χ1) is 11.5. The highest BCUT2D eigenvalue weighted by atomic mass is 32.1. The van der Waals surface area contributed by atoms with E-state index in [0.717, 1.165) is 27.5 Å². The van der Waals surface area contributed by atoms with Crippen molar-refractivity contribution >= 4 is 22.9 Å². The van der Waals surface area contributed by atoms with Crippen LogP contribution in [0, 0.1) is 0 Å². The summed E-state index contributed by atoms with van der Waals surface area (Å²) in [6.45, 7) is 0. The van der Waals surface area contributed by atoms with Crippen molar-refractivity contribution in [2.75, 3.05) is 19.0 Å². The molecule has 0 unspecified atom stereocenters. The maximum atomic E-state index is 11.4. The van der Waals surface area contributed by atoms with Crippen LogP contribution in [0.3, 0.4) is 0 Å². The van der Waals surface area contributed by atoms with E-state index < -0.39 is 5.91 Å². The van der Waals surface area contributed by atoms with Gasteiger partial charge in [-0.05, 0) is 42.5 Å². The van der Waals surface area contributed by atoms with E-state index in [1.807, 2.05) is 48.6 Å². The second-order valence-electron chi connectivity index (χ2n) is 5.58. The number of nitrogens with two attached hydrogens (primary N) is 1. The van der Waals surface area contributed by atoms with Crippen LogP contribution in [0.4, 0.5) is 5.69 Å². The Morgan fingerprint density at radius 1 is 1.12 bits per heavy atom. The van der Waals surface area contributed by atoms with Crippen LogP contribution >= 0.6 is 11.3 Å². The highest BCUT2D eigenvalue weighted by Gasteiger charge is 2.12. The SMILES string of the molecule is CN(C)c1ccc(-c2nc(-c3ccc(O)c(C(N)=O)c3)cs2)cc1. The largest absolute Gasteiger partial charge is 0.507 e. The lowest BCUT2D eigenvalue weighted by Crippen LogP contribution is -2.11. The topological polar surface area (TPSA) is 79.4 Å². The molecule has 3 rings (SSSR count). The highest BCUT2D eigenvalue weighted by molar-refractivity contribution is 7.13. The highest BCUT2D eigenvalue weighted by Crippen LogP contribution is 2.31. The Hall–Kier alpha value is -2.86. The van der Waals surface area contributed by atoms with Gasteiger partial charge in [0.1, 0.15) is 10.8 Å². The van der Waals surface area contributed by atoms with Gasteiger partial charge in [0.25, 0.3) is 5.91 Å². The molecule has 0 saturated carbocycles. The first-order valence-corrected chi connectivity index (χ1v) is 8.20. The molecule has 2 aromatic carbocycles. The van der Waals surface area contributed by atoms with Gasteiger partial charge in [0.2, 0.25) is 0 Å². The van der Waals surface area contributed by atoms with E-state index in [1.54, 1.807) is 12.1 Å². The Morgan fingerprint density at radius 2 is 1.79 bits per heavy atom. The van der Waals surface area contributed by atoms with Crippen molar-refractivity contribution in [3.8, 4) is 27.6 Å². The van der Waals surface area contributed by atoms with Crippen molar-refractivity contribution in [1.82, 2.24) is 4.98 Å². The third-order valence-electron chi connectivity index (χ3n) is 3.69. The number of rotatable bonds is 4. The monoisotopic (exact) mass is 339 g/mol. The fraction of sp³-hybridized carbons (Fsp3) is 0.111. The number of aromatic nitrogens is 1. The van der Waals surface area contributed by atoms with Gasteiger partial charge in [0.05, 0.1) is 11.3 Å². The zero-order chi connectivity index (χ0) is 17.3. The average Bonchev–Trinajstić information content (AvgIpc) is 3.05. The summed E-state index contributed by atoms with van der Waals surface area (Å²) in [7, 11) is 4.00. The molecule has 5 nitrogen and oxygen atoms in total. The van der Waals surface area contributed by atoms with Crippen molar-refractivity contribution in [2.45, 2.75) is 0 Å². The second kappa shape index (κ2) is 6.33. The van der Waals surface area contributed by atoms with Crippen molar-refractivity contribution in [3.05, 3.63) is 53.4 Å². The number of carbonyl (C=O) groups is 1. The fourth-order valence-electron chi connectivity index (χ4n) is 2.33. The van der Waals surface area contributed by atoms with E-state index in [1.165, 1.54) is 17.4 Å². The van der Waals surface area contributed by atoms with Crippen LogP contribution in [0.2, 0.25) is 0 Å². The lowest BCUT2D eigenvalue weighted by Gasteiger charge is -2.12. The molecule has 0 aliphatic rings. The molecule has 0 aliphatic heterocycles. The molecular weight excluding hydrogens is 322 g/mol. The van der Waals surface area contributed by atoms with Crippen molar-refractivity contribution in [2.24, 2.45) is 5.73 Å². The third kappa shape index (κ3) is 3.09. The number of thiazole rings is 1. The number of carbonyl (C=O) groups excluding carboxylic acids is 1. The Morgan fingerprint density at radius 3 is 2.42 bits per heavy atom. The molecule has 0 aliphatic carbocycles. The number of nitrogens with zero attached hydrogens (tertiary/aromatic N) is 2. The maximum absolute atomic E-state index is 11.4. The van der Waals surface area contributed by atoms with Gasteiger partial charge in [-0.15, -0.1) is 11.3 Å². The van der Waals surface area contributed by atoms with Crippen molar-refractivity contribution in [3.63, 3.8) is 0 Å². The molecule has 0 atom stereocenters. The summed E-state index contributed by atoms with van der Waals surface area (Å²) >= 11 is 1.53. The van der Waals surface area contributed by atoms with Gasteiger partial charge in [0.15, 0.2) is 0 Å². The molecule has 0 fully saturated rings. The minimum Gasteiger partial charge on any atom is -0.507 e. The molecule has 1 aromatic heterocycles. The Balaban J connectivity index is 1.93. The number of anilines is 1. The van der Waals surface area contributed by atoms with Crippen LogP contribution in [0.25, 0.3) is 21.8 Å². The van der Waals surface area contributed by atoms with Gasteiger partial charge in [-0.3, -0.25) is 4.79 Å². The molecule has 24 heavy (non-hydrogen) atoms. The molecule has 122 valence electrons. The summed E-state index contributed by atoms with van der Waals surface area (Å²) in [5.74, 6) is -0.787. The summed E-state index contributed by atoms with van der Waals surface area (Å²) in [6.07, 6.45) is 0. The van der Waals surface area contributed by atoms with Crippen LogP contribution < -0.4 is 10.6 Å². The predicted molar refractivity (Wildman–Crippen MR) is 97.5 cm³/mol. The molecule has 1 amide bonds. The quantitative estimate of drug-likeness (QED) is 0.764. The molecule has 1 heterocycles. The summed E-state index contributed by atoms with van der Waals surface area (Å²) in [5, 5.41) is 12.5. The van der Waals surface area contributed by atoms with E-state index in [4.69, 9.17) is 5.73 Å². The Labute approximate surface area is 144 Å². The van der Waals surface area contributed by atoms with Gasteiger partial charge >= 0.3 is 0 Å². The number of hydrogen-bond donors (Lipinski definition) is 2. The molecule has 0 radical (unpaired) electrons. The molecule has 0 spiro atoms.